The van der Waals surface area contributed by atoms with E-state index < -0.39 is 11.9 Å². The molecule has 0 unspecified atom stereocenters. The quantitative estimate of drug-likeness (QED) is 0.823. The van der Waals surface area contributed by atoms with Gasteiger partial charge in [-0.15, -0.1) is 0 Å². The maximum Gasteiger partial charge on any atom is 0.241 e. The molecule has 0 spiro atoms. The SMILES string of the molecule is CCC[C@@H](N)C(=O)Nc1cc(C)ccc1F. The number of nitrogens with two attached hydrogens (primary N) is 1. The number of halogens is 1. The molecule has 3 nitrogen and oxygen atoms in total. The summed E-state index contributed by atoms with van der Waals surface area (Å²) in [6.07, 6.45) is 1.42. The van der Waals surface area contributed by atoms with Gasteiger partial charge in [0.2, 0.25) is 5.91 Å². The summed E-state index contributed by atoms with van der Waals surface area (Å²) in [7, 11) is 0. The zero-order valence-corrected chi connectivity index (χ0v) is 9.59. The monoisotopic (exact) mass is 224 g/mol. The first kappa shape index (κ1) is 12.6. The van der Waals surface area contributed by atoms with E-state index in [1.165, 1.54) is 6.07 Å². The van der Waals surface area contributed by atoms with E-state index >= 15 is 0 Å². The molecule has 0 saturated carbocycles. The number of anilines is 1. The number of hydrogen-bond donors (Lipinski definition) is 2. The fourth-order valence-corrected chi connectivity index (χ4v) is 1.40. The molecule has 0 bridgehead atoms. The van der Waals surface area contributed by atoms with Crippen molar-refractivity contribution in [3.8, 4) is 0 Å². The van der Waals surface area contributed by atoms with E-state index in [-0.39, 0.29) is 11.6 Å². The van der Waals surface area contributed by atoms with E-state index in [1.807, 2.05) is 13.8 Å². The zero-order chi connectivity index (χ0) is 12.1. The molecule has 0 radical (unpaired) electrons. The molecule has 0 aromatic heterocycles. The second-order valence-electron chi connectivity index (χ2n) is 3.87. The van der Waals surface area contributed by atoms with E-state index in [2.05, 4.69) is 5.32 Å². The number of rotatable bonds is 4. The van der Waals surface area contributed by atoms with Crippen LogP contribution in [0.25, 0.3) is 0 Å². The van der Waals surface area contributed by atoms with Crippen molar-refractivity contribution in [3.63, 3.8) is 0 Å². The first-order valence-corrected chi connectivity index (χ1v) is 5.37. The number of amides is 1. The third-order valence-corrected chi connectivity index (χ3v) is 2.32. The van der Waals surface area contributed by atoms with Crippen molar-refractivity contribution in [2.24, 2.45) is 5.73 Å². The average molecular weight is 224 g/mol. The Hall–Kier alpha value is -1.42. The van der Waals surface area contributed by atoms with Gasteiger partial charge in [-0.3, -0.25) is 4.79 Å². The van der Waals surface area contributed by atoms with Crippen LogP contribution >= 0.6 is 0 Å². The smallest absolute Gasteiger partial charge is 0.241 e. The Kier molecular flexibility index (Phi) is 4.43. The molecule has 1 amide bonds. The lowest BCUT2D eigenvalue weighted by Crippen LogP contribution is -2.35. The standard InChI is InChI=1S/C12H17FN2O/c1-3-4-10(14)12(16)15-11-7-8(2)5-6-9(11)13/h5-7,10H,3-4,14H2,1-2H3,(H,15,16)/t10-/m1/s1. The minimum absolute atomic E-state index is 0.191. The third-order valence-electron chi connectivity index (χ3n) is 2.32. The Morgan fingerprint density at radius 1 is 1.56 bits per heavy atom. The lowest BCUT2D eigenvalue weighted by Gasteiger charge is -2.12. The summed E-state index contributed by atoms with van der Waals surface area (Å²) in [5, 5.41) is 2.50. The summed E-state index contributed by atoms with van der Waals surface area (Å²) in [4.78, 5) is 11.6. The van der Waals surface area contributed by atoms with Gasteiger partial charge in [0.25, 0.3) is 0 Å². The van der Waals surface area contributed by atoms with E-state index in [4.69, 9.17) is 5.73 Å². The minimum atomic E-state index is -0.579. The zero-order valence-electron chi connectivity index (χ0n) is 9.59. The highest BCUT2D eigenvalue weighted by atomic mass is 19.1. The van der Waals surface area contributed by atoms with Crippen LogP contribution < -0.4 is 11.1 Å². The van der Waals surface area contributed by atoms with E-state index in [1.54, 1.807) is 12.1 Å². The predicted molar refractivity (Wildman–Crippen MR) is 62.7 cm³/mol. The highest BCUT2D eigenvalue weighted by molar-refractivity contribution is 5.94. The van der Waals surface area contributed by atoms with Crippen LogP contribution in [0.2, 0.25) is 0 Å². The molecule has 0 fully saturated rings. The number of hydrogen-bond acceptors (Lipinski definition) is 2. The number of carbonyl (C=O) groups excluding carboxylic acids is 1. The van der Waals surface area contributed by atoms with E-state index in [9.17, 15) is 9.18 Å². The largest absolute Gasteiger partial charge is 0.322 e. The fourth-order valence-electron chi connectivity index (χ4n) is 1.40. The molecule has 1 rings (SSSR count). The van der Waals surface area contributed by atoms with Gasteiger partial charge in [-0.05, 0) is 31.0 Å². The molecule has 0 heterocycles. The first-order valence-electron chi connectivity index (χ1n) is 5.37. The molecule has 1 aromatic carbocycles. The molecule has 0 aliphatic carbocycles. The Morgan fingerprint density at radius 2 is 2.25 bits per heavy atom. The van der Waals surface area contributed by atoms with Crippen LogP contribution in [-0.4, -0.2) is 11.9 Å². The fraction of sp³-hybridized carbons (Fsp3) is 0.417. The highest BCUT2D eigenvalue weighted by Crippen LogP contribution is 2.15. The van der Waals surface area contributed by atoms with Crippen LogP contribution in [0.1, 0.15) is 25.3 Å². The van der Waals surface area contributed by atoms with E-state index in [0.717, 1.165) is 12.0 Å². The lowest BCUT2D eigenvalue weighted by atomic mass is 10.1. The predicted octanol–water partition coefficient (Wildman–Crippen LogP) is 2.20. The molecular formula is C12H17FN2O. The van der Waals surface area contributed by atoms with Crippen molar-refractivity contribution in [1.82, 2.24) is 0 Å². The van der Waals surface area contributed by atoms with Gasteiger partial charge in [-0.25, -0.2) is 4.39 Å². The van der Waals surface area contributed by atoms with Crippen molar-refractivity contribution in [2.45, 2.75) is 32.7 Å². The number of nitrogens with one attached hydrogen (secondary N) is 1. The van der Waals surface area contributed by atoms with Crippen molar-refractivity contribution < 1.29 is 9.18 Å². The second kappa shape index (κ2) is 5.61. The molecule has 4 heteroatoms. The third kappa shape index (κ3) is 3.31. The van der Waals surface area contributed by atoms with Crippen molar-refractivity contribution in [2.75, 3.05) is 5.32 Å². The normalized spacial score (nSPS) is 12.2. The number of carbonyl (C=O) groups is 1. The average Bonchev–Trinajstić information content (AvgIpc) is 2.23. The van der Waals surface area contributed by atoms with Gasteiger partial charge in [-0.1, -0.05) is 19.4 Å². The van der Waals surface area contributed by atoms with Crippen LogP contribution in [0.3, 0.4) is 0 Å². The molecule has 0 aliphatic rings. The van der Waals surface area contributed by atoms with Gasteiger partial charge in [-0.2, -0.15) is 0 Å². The second-order valence-corrected chi connectivity index (χ2v) is 3.87. The van der Waals surface area contributed by atoms with Crippen LogP contribution in [0.5, 0.6) is 0 Å². The maximum absolute atomic E-state index is 13.3. The molecule has 1 atom stereocenters. The van der Waals surface area contributed by atoms with Crippen molar-refractivity contribution >= 4 is 11.6 Å². The van der Waals surface area contributed by atoms with Crippen LogP contribution in [0.4, 0.5) is 10.1 Å². The van der Waals surface area contributed by atoms with E-state index in [0.29, 0.717) is 6.42 Å². The van der Waals surface area contributed by atoms with Crippen molar-refractivity contribution in [3.05, 3.63) is 29.6 Å². The van der Waals surface area contributed by atoms with Gasteiger partial charge in [0.1, 0.15) is 5.82 Å². The minimum Gasteiger partial charge on any atom is -0.322 e. The Labute approximate surface area is 94.8 Å². The topological polar surface area (TPSA) is 55.1 Å². The van der Waals surface area contributed by atoms with Crippen molar-refractivity contribution in [1.29, 1.82) is 0 Å². The molecule has 3 N–H and O–H groups in total. The summed E-state index contributed by atoms with van der Waals surface area (Å²) >= 11 is 0. The maximum atomic E-state index is 13.3. The molecule has 1 aromatic rings. The summed E-state index contributed by atoms with van der Waals surface area (Å²) < 4.78 is 13.3. The highest BCUT2D eigenvalue weighted by Gasteiger charge is 2.14. The van der Waals surface area contributed by atoms with Crippen LogP contribution in [0, 0.1) is 12.7 Å². The first-order chi connectivity index (χ1) is 7.54. The van der Waals surface area contributed by atoms with Gasteiger partial charge in [0.05, 0.1) is 11.7 Å². The molecule has 88 valence electrons. The lowest BCUT2D eigenvalue weighted by molar-refractivity contribution is -0.117. The summed E-state index contributed by atoms with van der Waals surface area (Å²) in [5.41, 5.74) is 6.71. The Morgan fingerprint density at radius 3 is 2.88 bits per heavy atom. The molecular weight excluding hydrogens is 207 g/mol. The number of benzene rings is 1. The number of aryl methyl sites for hydroxylation is 1. The van der Waals surface area contributed by atoms with Gasteiger partial charge in [0, 0.05) is 0 Å². The Bertz CT molecular complexity index is 379. The van der Waals surface area contributed by atoms with Gasteiger partial charge in [0.15, 0.2) is 0 Å². The molecule has 0 saturated heterocycles. The summed E-state index contributed by atoms with van der Waals surface area (Å²) in [5.74, 6) is -0.783. The molecule has 16 heavy (non-hydrogen) atoms. The van der Waals surface area contributed by atoms with Crippen LogP contribution in [0.15, 0.2) is 18.2 Å². The summed E-state index contributed by atoms with van der Waals surface area (Å²) in [6, 6.07) is 3.99. The van der Waals surface area contributed by atoms with Gasteiger partial charge >= 0.3 is 0 Å². The van der Waals surface area contributed by atoms with Gasteiger partial charge < -0.3 is 11.1 Å². The Balaban J connectivity index is 2.72. The summed E-state index contributed by atoms with van der Waals surface area (Å²) in [6.45, 7) is 3.78. The molecule has 0 aliphatic heterocycles. The van der Waals surface area contributed by atoms with Crippen LogP contribution in [-0.2, 0) is 4.79 Å².